The average Bonchev–Trinajstić information content (AvgIpc) is 2.15. The summed E-state index contributed by atoms with van der Waals surface area (Å²) in [7, 11) is 0. The topological polar surface area (TPSA) is 30.0 Å². The third-order valence-electron chi connectivity index (χ3n) is 1.92. The third-order valence-corrected chi connectivity index (χ3v) is 2.80. The Kier molecular flexibility index (Phi) is 3.43. The first-order chi connectivity index (χ1) is 6.43. The average molecular weight is 256 g/mol. The fraction of sp³-hybridized carbons (Fsp3) is 0.455. The second-order valence-electron chi connectivity index (χ2n) is 4.23. The molecule has 0 aliphatic heterocycles. The Hall–Kier alpha value is -0.700. The van der Waals surface area contributed by atoms with Crippen LogP contribution in [-0.4, -0.2) is 10.8 Å². The summed E-state index contributed by atoms with van der Waals surface area (Å²) < 4.78 is 0. The van der Waals surface area contributed by atoms with Crippen molar-refractivity contribution in [3.63, 3.8) is 0 Å². The van der Waals surface area contributed by atoms with Crippen LogP contribution in [0.15, 0.2) is 24.4 Å². The Labute approximate surface area is 92.9 Å². The monoisotopic (exact) mass is 255 g/mol. The van der Waals surface area contributed by atoms with E-state index < -0.39 is 0 Å². The standard InChI is InChI=1S/C11H14BrNO/c1-11(2,3)10(14)9(12)8-6-4-5-7-13-8/h4-7,9H,1-3H3. The Morgan fingerprint density at radius 2 is 2.07 bits per heavy atom. The molecule has 0 saturated carbocycles. The van der Waals surface area contributed by atoms with Gasteiger partial charge in [-0.05, 0) is 12.1 Å². The van der Waals surface area contributed by atoms with Crippen LogP contribution in [0, 0.1) is 5.41 Å². The van der Waals surface area contributed by atoms with E-state index in [9.17, 15) is 4.79 Å². The molecule has 0 bridgehead atoms. The first kappa shape index (κ1) is 11.4. The summed E-state index contributed by atoms with van der Waals surface area (Å²) >= 11 is 3.38. The van der Waals surface area contributed by atoms with E-state index in [4.69, 9.17) is 0 Å². The minimum absolute atomic E-state index is 0.149. The second kappa shape index (κ2) is 4.22. The van der Waals surface area contributed by atoms with Gasteiger partial charge in [-0.1, -0.05) is 42.8 Å². The highest BCUT2D eigenvalue weighted by molar-refractivity contribution is 9.09. The highest BCUT2D eigenvalue weighted by atomic mass is 79.9. The number of alkyl halides is 1. The van der Waals surface area contributed by atoms with Gasteiger partial charge in [0.05, 0.1) is 5.69 Å². The smallest absolute Gasteiger partial charge is 0.157 e. The van der Waals surface area contributed by atoms with E-state index in [1.165, 1.54) is 0 Å². The van der Waals surface area contributed by atoms with E-state index in [2.05, 4.69) is 20.9 Å². The molecule has 1 unspecified atom stereocenters. The number of Topliss-reactive ketones (excluding diaryl/α,β-unsaturated/α-hetero) is 1. The Morgan fingerprint density at radius 1 is 1.43 bits per heavy atom. The number of carbonyl (C=O) groups is 1. The predicted octanol–water partition coefficient (Wildman–Crippen LogP) is 3.13. The van der Waals surface area contributed by atoms with Gasteiger partial charge in [-0.25, -0.2) is 0 Å². The first-order valence-electron chi connectivity index (χ1n) is 4.52. The lowest BCUT2D eigenvalue weighted by molar-refractivity contribution is -0.125. The molecule has 1 aromatic heterocycles. The van der Waals surface area contributed by atoms with Crippen molar-refractivity contribution in [1.29, 1.82) is 0 Å². The molecule has 1 atom stereocenters. The molecule has 0 amide bonds. The fourth-order valence-electron chi connectivity index (χ4n) is 1.04. The van der Waals surface area contributed by atoms with E-state index in [1.54, 1.807) is 6.20 Å². The number of hydrogen-bond donors (Lipinski definition) is 0. The largest absolute Gasteiger partial charge is 0.297 e. The van der Waals surface area contributed by atoms with Gasteiger partial charge in [-0.2, -0.15) is 0 Å². The normalized spacial score (nSPS) is 13.7. The highest BCUT2D eigenvalue weighted by Crippen LogP contribution is 2.30. The molecule has 0 saturated heterocycles. The maximum Gasteiger partial charge on any atom is 0.157 e. The van der Waals surface area contributed by atoms with Crippen molar-refractivity contribution < 1.29 is 4.79 Å². The maximum atomic E-state index is 11.9. The molecule has 0 aromatic carbocycles. The number of ketones is 1. The molecule has 1 aromatic rings. The molecule has 1 rings (SSSR count). The van der Waals surface area contributed by atoms with Crippen molar-refractivity contribution in [3.05, 3.63) is 30.1 Å². The van der Waals surface area contributed by atoms with Crippen LogP contribution >= 0.6 is 15.9 Å². The van der Waals surface area contributed by atoms with Crippen molar-refractivity contribution >= 4 is 21.7 Å². The van der Waals surface area contributed by atoms with Gasteiger partial charge in [0.1, 0.15) is 4.83 Å². The minimum Gasteiger partial charge on any atom is -0.297 e. The molecular weight excluding hydrogens is 242 g/mol. The van der Waals surface area contributed by atoms with Gasteiger partial charge in [0.15, 0.2) is 5.78 Å². The lowest BCUT2D eigenvalue weighted by Gasteiger charge is -2.20. The van der Waals surface area contributed by atoms with Crippen LogP contribution in [0.1, 0.15) is 31.3 Å². The second-order valence-corrected chi connectivity index (χ2v) is 5.15. The van der Waals surface area contributed by atoms with Gasteiger partial charge < -0.3 is 0 Å². The van der Waals surface area contributed by atoms with Crippen molar-refractivity contribution in [3.8, 4) is 0 Å². The van der Waals surface area contributed by atoms with Crippen molar-refractivity contribution in [2.45, 2.75) is 25.6 Å². The molecule has 0 radical (unpaired) electrons. The summed E-state index contributed by atoms with van der Waals surface area (Å²) in [6.07, 6.45) is 1.69. The molecule has 76 valence electrons. The summed E-state index contributed by atoms with van der Waals surface area (Å²) in [5.74, 6) is 0.149. The number of carbonyl (C=O) groups excluding carboxylic acids is 1. The number of rotatable bonds is 2. The van der Waals surface area contributed by atoms with Crippen LogP contribution in [0.2, 0.25) is 0 Å². The number of pyridine rings is 1. The van der Waals surface area contributed by atoms with Crippen molar-refractivity contribution in [2.24, 2.45) is 5.41 Å². The van der Waals surface area contributed by atoms with Gasteiger partial charge in [-0.3, -0.25) is 9.78 Å². The van der Waals surface area contributed by atoms with Crippen molar-refractivity contribution in [1.82, 2.24) is 4.98 Å². The molecule has 3 heteroatoms. The highest BCUT2D eigenvalue weighted by Gasteiger charge is 2.29. The van der Waals surface area contributed by atoms with E-state index in [0.29, 0.717) is 0 Å². The number of aromatic nitrogens is 1. The van der Waals surface area contributed by atoms with E-state index in [0.717, 1.165) is 5.69 Å². The van der Waals surface area contributed by atoms with Gasteiger partial charge in [0.25, 0.3) is 0 Å². The predicted molar refractivity (Wildman–Crippen MR) is 60.4 cm³/mol. The molecule has 0 N–H and O–H groups in total. The Bertz CT molecular complexity index is 316. The molecule has 1 heterocycles. The lowest BCUT2D eigenvalue weighted by Crippen LogP contribution is -2.24. The summed E-state index contributed by atoms with van der Waals surface area (Å²) in [5.41, 5.74) is 0.429. The van der Waals surface area contributed by atoms with Crippen LogP contribution in [0.3, 0.4) is 0 Å². The quantitative estimate of drug-likeness (QED) is 0.761. The third kappa shape index (κ3) is 2.64. The first-order valence-corrected chi connectivity index (χ1v) is 5.44. The molecule has 14 heavy (non-hydrogen) atoms. The van der Waals surface area contributed by atoms with Crippen LogP contribution in [0.5, 0.6) is 0 Å². The molecule has 2 nitrogen and oxygen atoms in total. The van der Waals surface area contributed by atoms with E-state index in [-0.39, 0.29) is 16.0 Å². The van der Waals surface area contributed by atoms with Crippen molar-refractivity contribution in [2.75, 3.05) is 0 Å². The summed E-state index contributed by atoms with van der Waals surface area (Å²) in [6.45, 7) is 5.73. The zero-order valence-corrected chi connectivity index (χ0v) is 10.2. The van der Waals surface area contributed by atoms with Gasteiger partial charge in [-0.15, -0.1) is 0 Å². The number of nitrogens with zero attached hydrogens (tertiary/aromatic N) is 1. The van der Waals surface area contributed by atoms with E-state index >= 15 is 0 Å². The van der Waals surface area contributed by atoms with Crippen LogP contribution in [0.4, 0.5) is 0 Å². The lowest BCUT2D eigenvalue weighted by atomic mass is 9.88. The van der Waals surface area contributed by atoms with Crippen LogP contribution in [-0.2, 0) is 4.79 Å². The number of halogens is 1. The molecule has 0 aliphatic carbocycles. The van der Waals surface area contributed by atoms with Crippen LogP contribution < -0.4 is 0 Å². The van der Waals surface area contributed by atoms with Gasteiger partial charge >= 0.3 is 0 Å². The Balaban J connectivity index is 2.87. The summed E-state index contributed by atoms with van der Waals surface area (Å²) in [6, 6.07) is 5.57. The molecular formula is C11H14BrNO. The minimum atomic E-state index is -0.342. The van der Waals surface area contributed by atoms with E-state index in [1.807, 2.05) is 39.0 Å². The Morgan fingerprint density at radius 3 is 2.50 bits per heavy atom. The summed E-state index contributed by atoms with van der Waals surface area (Å²) in [5, 5.41) is 0. The molecule has 0 fully saturated rings. The SMILES string of the molecule is CC(C)(C)C(=O)C(Br)c1ccccn1. The molecule has 0 spiro atoms. The zero-order valence-electron chi connectivity index (χ0n) is 8.62. The zero-order chi connectivity index (χ0) is 10.8. The van der Waals surface area contributed by atoms with Gasteiger partial charge in [0.2, 0.25) is 0 Å². The summed E-state index contributed by atoms with van der Waals surface area (Å²) in [4.78, 5) is 15.7. The molecule has 0 aliphatic rings. The maximum absolute atomic E-state index is 11.9. The fourth-order valence-corrected chi connectivity index (χ4v) is 2.00. The number of hydrogen-bond acceptors (Lipinski definition) is 2. The van der Waals surface area contributed by atoms with Crippen LogP contribution in [0.25, 0.3) is 0 Å². The van der Waals surface area contributed by atoms with Gasteiger partial charge in [0, 0.05) is 11.6 Å².